The lowest BCUT2D eigenvalue weighted by Gasteiger charge is -2.36. The van der Waals surface area contributed by atoms with E-state index in [-0.39, 0.29) is 24.4 Å². The summed E-state index contributed by atoms with van der Waals surface area (Å²) in [4.78, 5) is 28.2. The van der Waals surface area contributed by atoms with Gasteiger partial charge in [0.05, 0.1) is 12.6 Å². The average molecular weight is 408 g/mol. The number of nitrogens with one attached hydrogen (secondary N) is 1. The SMILES string of the molecule is CCn1c2ccccc2c2cc(NC(=O)[C@@H](C)N3CCN(CC(N)=O)CC3)ccc21. The van der Waals surface area contributed by atoms with E-state index in [1.807, 2.05) is 24.0 Å². The van der Waals surface area contributed by atoms with Gasteiger partial charge >= 0.3 is 0 Å². The average Bonchev–Trinajstić information content (AvgIpc) is 3.06. The Balaban J connectivity index is 1.48. The topological polar surface area (TPSA) is 83.6 Å². The Hall–Kier alpha value is -2.90. The molecule has 1 saturated heterocycles. The molecule has 0 unspecified atom stereocenters. The Labute approximate surface area is 176 Å². The second-order valence-corrected chi connectivity index (χ2v) is 7.94. The molecule has 3 aromatic rings. The first-order chi connectivity index (χ1) is 14.5. The quantitative estimate of drug-likeness (QED) is 0.656. The molecule has 3 N–H and O–H groups in total. The largest absolute Gasteiger partial charge is 0.369 e. The van der Waals surface area contributed by atoms with Crippen LogP contribution in [0.15, 0.2) is 42.5 Å². The summed E-state index contributed by atoms with van der Waals surface area (Å²) in [7, 11) is 0. The van der Waals surface area contributed by atoms with E-state index < -0.39 is 0 Å². The zero-order valence-electron chi connectivity index (χ0n) is 17.6. The number of aromatic nitrogens is 1. The Morgan fingerprint density at radius 1 is 1.03 bits per heavy atom. The van der Waals surface area contributed by atoms with Crippen LogP contribution < -0.4 is 11.1 Å². The Morgan fingerprint density at radius 2 is 1.73 bits per heavy atom. The molecule has 1 atom stereocenters. The molecule has 0 bridgehead atoms. The summed E-state index contributed by atoms with van der Waals surface area (Å²) in [5.74, 6) is -0.328. The van der Waals surface area contributed by atoms with E-state index in [0.29, 0.717) is 0 Å². The number of benzene rings is 2. The number of carbonyl (C=O) groups is 2. The van der Waals surface area contributed by atoms with Gasteiger partial charge in [0, 0.05) is 60.2 Å². The number of rotatable bonds is 6. The lowest BCUT2D eigenvalue weighted by Crippen LogP contribution is -2.53. The highest BCUT2D eigenvalue weighted by Crippen LogP contribution is 2.31. The number of nitrogens with two attached hydrogens (primary N) is 1. The van der Waals surface area contributed by atoms with Crippen LogP contribution in [0.5, 0.6) is 0 Å². The third-order valence-electron chi connectivity index (χ3n) is 6.07. The predicted octanol–water partition coefficient (Wildman–Crippen LogP) is 2.24. The van der Waals surface area contributed by atoms with Crippen molar-refractivity contribution in [2.45, 2.75) is 26.4 Å². The monoisotopic (exact) mass is 407 g/mol. The summed E-state index contributed by atoms with van der Waals surface area (Å²) < 4.78 is 2.30. The molecular weight excluding hydrogens is 378 g/mol. The summed E-state index contributed by atoms with van der Waals surface area (Å²) in [6, 6.07) is 14.3. The minimum absolute atomic E-state index is 0.0167. The number of piperazine rings is 1. The molecule has 1 aliphatic rings. The standard InChI is InChI=1S/C23H29N5O2/c1-3-28-20-7-5-4-6-18(20)19-14-17(8-9-21(19)28)25-23(30)16(2)27-12-10-26(11-13-27)15-22(24)29/h4-9,14,16H,3,10-13,15H2,1-2H3,(H2,24,29)(H,25,30)/t16-/m1/s1. The third kappa shape index (κ3) is 3.91. The number of carbonyl (C=O) groups excluding carboxylic acids is 2. The van der Waals surface area contributed by atoms with Crippen LogP contribution in [0.2, 0.25) is 0 Å². The molecule has 7 nitrogen and oxygen atoms in total. The van der Waals surface area contributed by atoms with Gasteiger partial charge < -0.3 is 15.6 Å². The Kier molecular flexibility index (Phi) is 5.74. The Morgan fingerprint density at radius 3 is 2.43 bits per heavy atom. The first-order valence-corrected chi connectivity index (χ1v) is 10.5. The van der Waals surface area contributed by atoms with Crippen LogP contribution in [0, 0.1) is 0 Å². The number of nitrogens with zero attached hydrogens (tertiary/aromatic N) is 3. The van der Waals surface area contributed by atoms with Gasteiger partial charge in [0.2, 0.25) is 11.8 Å². The van der Waals surface area contributed by atoms with E-state index in [9.17, 15) is 9.59 Å². The van der Waals surface area contributed by atoms with Crippen LogP contribution in [0.3, 0.4) is 0 Å². The molecule has 1 aromatic heterocycles. The summed E-state index contributed by atoms with van der Waals surface area (Å²) in [5, 5.41) is 5.44. The molecule has 158 valence electrons. The van der Waals surface area contributed by atoms with Crippen molar-refractivity contribution in [3.8, 4) is 0 Å². The number of anilines is 1. The lowest BCUT2D eigenvalue weighted by atomic mass is 10.1. The number of primary amides is 1. The van der Waals surface area contributed by atoms with Gasteiger partial charge in [-0.05, 0) is 38.1 Å². The van der Waals surface area contributed by atoms with Crippen LogP contribution in [0.25, 0.3) is 21.8 Å². The van der Waals surface area contributed by atoms with Crippen molar-refractivity contribution in [3.05, 3.63) is 42.5 Å². The molecular formula is C23H29N5O2. The van der Waals surface area contributed by atoms with Crippen LogP contribution in [0.1, 0.15) is 13.8 Å². The van der Waals surface area contributed by atoms with E-state index in [1.54, 1.807) is 0 Å². The van der Waals surface area contributed by atoms with Crippen LogP contribution >= 0.6 is 0 Å². The summed E-state index contributed by atoms with van der Waals surface area (Å²) in [6.45, 7) is 8.21. The molecule has 2 aromatic carbocycles. The van der Waals surface area contributed by atoms with Crippen molar-refractivity contribution in [2.24, 2.45) is 5.73 Å². The first kappa shape index (κ1) is 20.4. The fourth-order valence-electron chi connectivity index (χ4n) is 4.41. The number of hydrogen-bond acceptors (Lipinski definition) is 4. The summed E-state index contributed by atoms with van der Waals surface area (Å²) >= 11 is 0. The maximum Gasteiger partial charge on any atom is 0.241 e. The molecule has 0 aliphatic carbocycles. The van der Waals surface area contributed by atoms with Gasteiger partial charge in [0.15, 0.2) is 0 Å². The normalized spacial score (nSPS) is 16.7. The minimum atomic E-state index is -0.311. The highest BCUT2D eigenvalue weighted by Gasteiger charge is 2.26. The van der Waals surface area contributed by atoms with Crippen molar-refractivity contribution in [1.82, 2.24) is 14.4 Å². The zero-order chi connectivity index (χ0) is 21.3. The van der Waals surface area contributed by atoms with Crippen molar-refractivity contribution in [3.63, 3.8) is 0 Å². The fourth-order valence-corrected chi connectivity index (χ4v) is 4.41. The number of hydrogen-bond donors (Lipinski definition) is 2. The number of amides is 2. The summed E-state index contributed by atoms with van der Waals surface area (Å²) in [6.07, 6.45) is 0. The minimum Gasteiger partial charge on any atom is -0.369 e. The summed E-state index contributed by atoms with van der Waals surface area (Å²) in [5.41, 5.74) is 8.47. The Bertz CT molecular complexity index is 1080. The van der Waals surface area contributed by atoms with Gasteiger partial charge in [-0.3, -0.25) is 19.4 Å². The second kappa shape index (κ2) is 8.45. The molecule has 0 radical (unpaired) electrons. The number of para-hydroxylation sites is 1. The van der Waals surface area contributed by atoms with Gasteiger partial charge in [-0.2, -0.15) is 0 Å². The molecule has 1 fully saturated rings. The molecule has 7 heteroatoms. The highest BCUT2D eigenvalue weighted by molar-refractivity contribution is 6.10. The molecule has 2 heterocycles. The molecule has 30 heavy (non-hydrogen) atoms. The van der Waals surface area contributed by atoms with Crippen molar-refractivity contribution in [2.75, 3.05) is 38.0 Å². The van der Waals surface area contributed by atoms with Gasteiger partial charge in [0.1, 0.15) is 0 Å². The number of fused-ring (bicyclic) bond motifs is 3. The van der Waals surface area contributed by atoms with E-state index >= 15 is 0 Å². The third-order valence-corrected chi connectivity index (χ3v) is 6.07. The van der Waals surface area contributed by atoms with Gasteiger partial charge in [-0.25, -0.2) is 0 Å². The molecule has 0 spiro atoms. The predicted molar refractivity (Wildman–Crippen MR) is 120 cm³/mol. The maximum absolute atomic E-state index is 12.9. The molecule has 2 amide bonds. The van der Waals surface area contributed by atoms with Gasteiger partial charge in [-0.15, -0.1) is 0 Å². The smallest absolute Gasteiger partial charge is 0.241 e. The van der Waals surface area contributed by atoms with E-state index in [1.165, 1.54) is 16.4 Å². The maximum atomic E-state index is 12.9. The lowest BCUT2D eigenvalue weighted by molar-refractivity contribution is -0.123. The van der Waals surface area contributed by atoms with Crippen molar-refractivity contribution >= 4 is 39.3 Å². The van der Waals surface area contributed by atoms with Crippen LogP contribution in [-0.4, -0.2) is 64.9 Å². The second-order valence-electron chi connectivity index (χ2n) is 7.94. The van der Waals surface area contributed by atoms with Gasteiger partial charge in [0.25, 0.3) is 0 Å². The van der Waals surface area contributed by atoms with Crippen LogP contribution in [-0.2, 0) is 16.1 Å². The fraction of sp³-hybridized carbons (Fsp3) is 0.391. The molecule has 1 aliphatic heterocycles. The van der Waals surface area contributed by atoms with E-state index in [2.05, 4.69) is 52.0 Å². The van der Waals surface area contributed by atoms with Crippen LogP contribution in [0.4, 0.5) is 5.69 Å². The van der Waals surface area contributed by atoms with E-state index in [0.717, 1.165) is 43.8 Å². The zero-order valence-corrected chi connectivity index (χ0v) is 17.6. The van der Waals surface area contributed by atoms with Gasteiger partial charge in [-0.1, -0.05) is 18.2 Å². The number of aryl methyl sites for hydroxylation is 1. The molecule has 0 saturated carbocycles. The highest BCUT2D eigenvalue weighted by atomic mass is 16.2. The van der Waals surface area contributed by atoms with Crippen molar-refractivity contribution < 1.29 is 9.59 Å². The van der Waals surface area contributed by atoms with E-state index in [4.69, 9.17) is 5.73 Å². The first-order valence-electron chi connectivity index (χ1n) is 10.5. The molecule has 4 rings (SSSR count). The van der Waals surface area contributed by atoms with Crippen molar-refractivity contribution in [1.29, 1.82) is 0 Å².